The largest absolute Gasteiger partial charge is 0.483 e. The van der Waals surface area contributed by atoms with Crippen LogP contribution in [0.3, 0.4) is 0 Å². The lowest BCUT2D eigenvalue weighted by Crippen LogP contribution is -2.42. The quantitative estimate of drug-likeness (QED) is 0.761. The summed E-state index contributed by atoms with van der Waals surface area (Å²) in [5.41, 5.74) is 1.13. The van der Waals surface area contributed by atoms with Gasteiger partial charge >= 0.3 is 0 Å². The number of likely N-dealkylation sites (tertiary alicyclic amines) is 2. The Morgan fingerprint density at radius 1 is 1.19 bits per heavy atom. The molecule has 0 aromatic heterocycles. The molecule has 0 aliphatic carbocycles. The van der Waals surface area contributed by atoms with Crippen LogP contribution in [0.4, 0.5) is 0 Å². The van der Waals surface area contributed by atoms with Crippen LogP contribution in [0.15, 0.2) is 24.3 Å². The smallest absolute Gasteiger partial charge is 0.260 e. The first-order valence-corrected chi connectivity index (χ1v) is 10.6. The fourth-order valence-corrected chi connectivity index (χ4v) is 4.13. The fourth-order valence-electron chi connectivity index (χ4n) is 4.13. The van der Waals surface area contributed by atoms with Crippen molar-refractivity contribution in [3.8, 4) is 5.75 Å². The summed E-state index contributed by atoms with van der Waals surface area (Å²) in [6, 6.07) is 8.70. The van der Waals surface area contributed by atoms with E-state index in [9.17, 15) is 4.79 Å². The third kappa shape index (κ3) is 5.94. The third-order valence-electron chi connectivity index (χ3n) is 5.81. The number of carbonyl (C=O) groups excluding carboxylic acids is 1. The van der Waals surface area contributed by atoms with Gasteiger partial charge in [0.1, 0.15) is 5.75 Å². The lowest BCUT2D eigenvalue weighted by molar-refractivity contribution is -0.132. The first-order valence-electron chi connectivity index (χ1n) is 10.6. The van der Waals surface area contributed by atoms with Gasteiger partial charge in [-0.3, -0.25) is 4.79 Å². The number of carbonyl (C=O) groups is 1. The second kappa shape index (κ2) is 10.1. The summed E-state index contributed by atoms with van der Waals surface area (Å²) in [5.74, 6) is 1.64. The van der Waals surface area contributed by atoms with E-state index >= 15 is 0 Å². The van der Waals surface area contributed by atoms with Gasteiger partial charge in [-0.05, 0) is 64.6 Å². The van der Waals surface area contributed by atoms with Gasteiger partial charge in [0.2, 0.25) is 0 Å². The number of benzene rings is 1. The molecule has 0 radical (unpaired) electrons. The Morgan fingerprint density at radius 3 is 2.74 bits per heavy atom. The standard InChI is InChI=1S/C22H35N3O2/c1-18(2)25-13-7-8-19(16-25)14-23-15-20-9-3-4-10-21(20)27-17-22(26)24-11-5-6-12-24/h3-4,9-10,18-19,23H,5-8,11-17H2,1-2H3. The lowest BCUT2D eigenvalue weighted by Gasteiger charge is -2.35. The summed E-state index contributed by atoms with van der Waals surface area (Å²) < 4.78 is 5.86. The molecule has 1 atom stereocenters. The Bertz CT molecular complexity index is 599. The Labute approximate surface area is 164 Å². The van der Waals surface area contributed by atoms with E-state index in [1.807, 2.05) is 23.1 Å². The van der Waals surface area contributed by atoms with Crippen molar-refractivity contribution in [2.45, 2.75) is 52.1 Å². The van der Waals surface area contributed by atoms with Crippen LogP contribution in [-0.4, -0.2) is 61.1 Å². The highest BCUT2D eigenvalue weighted by molar-refractivity contribution is 5.78. The molecule has 1 aromatic rings. The monoisotopic (exact) mass is 373 g/mol. The number of amides is 1. The van der Waals surface area contributed by atoms with E-state index in [1.54, 1.807) is 0 Å². The second-order valence-corrected chi connectivity index (χ2v) is 8.21. The van der Waals surface area contributed by atoms with Gasteiger partial charge in [-0.15, -0.1) is 0 Å². The maximum atomic E-state index is 12.2. The molecule has 0 saturated carbocycles. The fraction of sp³-hybridized carbons (Fsp3) is 0.682. The van der Waals surface area contributed by atoms with Crippen LogP contribution in [0.5, 0.6) is 5.75 Å². The van der Waals surface area contributed by atoms with Crippen LogP contribution < -0.4 is 10.1 Å². The van der Waals surface area contributed by atoms with Gasteiger partial charge in [-0.2, -0.15) is 0 Å². The van der Waals surface area contributed by atoms with E-state index in [4.69, 9.17) is 4.74 Å². The minimum atomic E-state index is 0.103. The molecule has 3 rings (SSSR count). The first-order chi connectivity index (χ1) is 13.1. The Morgan fingerprint density at radius 2 is 1.96 bits per heavy atom. The highest BCUT2D eigenvalue weighted by atomic mass is 16.5. The molecule has 2 saturated heterocycles. The molecular formula is C22H35N3O2. The number of hydrogen-bond acceptors (Lipinski definition) is 4. The molecule has 5 nitrogen and oxygen atoms in total. The highest BCUT2D eigenvalue weighted by Crippen LogP contribution is 2.20. The van der Waals surface area contributed by atoms with E-state index < -0.39 is 0 Å². The van der Waals surface area contributed by atoms with Gasteiger partial charge in [-0.25, -0.2) is 0 Å². The van der Waals surface area contributed by atoms with E-state index in [-0.39, 0.29) is 12.5 Å². The molecule has 2 fully saturated rings. The second-order valence-electron chi connectivity index (χ2n) is 8.21. The molecule has 5 heteroatoms. The summed E-state index contributed by atoms with van der Waals surface area (Å²) >= 11 is 0. The number of hydrogen-bond donors (Lipinski definition) is 1. The molecular weight excluding hydrogens is 338 g/mol. The third-order valence-corrected chi connectivity index (χ3v) is 5.81. The molecule has 0 bridgehead atoms. The summed E-state index contributed by atoms with van der Waals surface area (Å²) in [7, 11) is 0. The van der Waals surface area contributed by atoms with Crippen molar-refractivity contribution in [1.82, 2.24) is 15.1 Å². The molecule has 0 spiro atoms. The predicted molar refractivity (Wildman–Crippen MR) is 109 cm³/mol. The summed E-state index contributed by atoms with van der Waals surface area (Å²) in [6.45, 7) is 10.7. The number of rotatable bonds is 8. The van der Waals surface area contributed by atoms with E-state index in [0.717, 1.165) is 50.3 Å². The van der Waals surface area contributed by atoms with Crippen LogP contribution in [0.1, 0.15) is 45.1 Å². The van der Waals surface area contributed by atoms with Crippen molar-refractivity contribution in [3.63, 3.8) is 0 Å². The average molecular weight is 374 g/mol. The van der Waals surface area contributed by atoms with Gasteiger partial charge in [-0.1, -0.05) is 18.2 Å². The summed E-state index contributed by atoms with van der Waals surface area (Å²) in [4.78, 5) is 16.7. The highest BCUT2D eigenvalue weighted by Gasteiger charge is 2.21. The molecule has 1 unspecified atom stereocenters. The zero-order valence-electron chi connectivity index (χ0n) is 17.0. The number of para-hydroxylation sites is 1. The van der Waals surface area contributed by atoms with Crippen LogP contribution >= 0.6 is 0 Å². The Balaban J connectivity index is 1.45. The minimum absolute atomic E-state index is 0.103. The molecule has 1 N–H and O–H groups in total. The van der Waals surface area contributed by atoms with Crippen LogP contribution in [0, 0.1) is 5.92 Å². The Kier molecular flexibility index (Phi) is 7.53. The van der Waals surface area contributed by atoms with E-state index in [2.05, 4.69) is 30.1 Å². The molecule has 1 aromatic carbocycles. The van der Waals surface area contributed by atoms with Crippen molar-refractivity contribution in [1.29, 1.82) is 0 Å². The van der Waals surface area contributed by atoms with Crippen LogP contribution in [0.2, 0.25) is 0 Å². The van der Waals surface area contributed by atoms with Gasteiger partial charge in [0.25, 0.3) is 5.91 Å². The van der Waals surface area contributed by atoms with Gasteiger partial charge in [0.15, 0.2) is 6.61 Å². The number of ether oxygens (including phenoxy) is 1. The van der Waals surface area contributed by atoms with Crippen molar-refractivity contribution in [3.05, 3.63) is 29.8 Å². The molecule has 2 aliphatic rings. The van der Waals surface area contributed by atoms with Crippen molar-refractivity contribution < 1.29 is 9.53 Å². The molecule has 27 heavy (non-hydrogen) atoms. The Hall–Kier alpha value is -1.59. The molecule has 2 aliphatic heterocycles. The van der Waals surface area contributed by atoms with Crippen molar-refractivity contribution in [2.75, 3.05) is 39.3 Å². The average Bonchev–Trinajstić information content (AvgIpc) is 3.22. The summed E-state index contributed by atoms with van der Waals surface area (Å²) in [6.07, 6.45) is 4.82. The van der Waals surface area contributed by atoms with Gasteiger partial charge in [0, 0.05) is 37.8 Å². The lowest BCUT2D eigenvalue weighted by atomic mass is 9.97. The van der Waals surface area contributed by atoms with Gasteiger partial charge in [0.05, 0.1) is 0 Å². The number of nitrogens with zero attached hydrogens (tertiary/aromatic N) is 2. The van der Waals surface area contributed by atoms with E-state index in [1.165, 1.54) is 25.9 Å². The zero-order valence-corrected chi connectivity index (χ0v) is 17.0. The topological polar surface area (TPSA) is 44.8 Å². The van der Waals surface area contributed by atoms with Gasteiger partial charge < -0.3 is 19.9 Å². The molecule has 2 heterocycles. The number of piperidine rings is 1. The minimum Gasteiger partial charge on any atom is -0.483 e. The zero-order chi connectivity index (χ0) is 19.1. The van der Waals surface area contributed by atoms with Crippen LogP contribution in [0.25, 0.3) is 0 Å². The van der Waals surface area contributed by atoms with E-state index in [0.29, 0.717) is 12.0 Å². The molecule has 150 valence electrons. The number of nitrogens with one attached hydrogen (secondary N) is 1. The van der Waals surface area contributed by atoms with Crippen LogP contribution in [-0.2, 0) is 11.3 Å². The maximum Gasteiger partial charge on any atom is 0.260 e. The normalized spacial score (nSPS) is 21.0. The first kappa shape index (κ1) is 20.2. The maximum absolute atomic E-state index is 12.2. The summed E-state index contributed by atoms with van der Waals surface area (Å²) in [5, 5.41) is 3.61. The van der Waals surface area contributed by atoms with Crippen molar-refractivity contribution >= 4 is 5.91 Å². The molecule has 1 amide bonds. The SMILES string of the molecule is CC(C)N1CCCC(CNCc2ccccc2OCC(=O)N2CCCC2)C1. The predicted octanol–water partition coefficient (Wildman–Crippen LogP) is 2.90. The van der Waals surface area contributed by atoms with Crippen molar-refractivity contribution in [2.24, 2.45) is 5.92 Å².